The number of benzene rings is 2. The maximum Gasteiger partial charge on any atom is 0.243 e. The SMILES string of the molecule is Cc1ccc(CNC(C)c2nc(Cc3ccccc3)no2)c(C)c1. The fourth-order valence-corrected chi connectivity index (χ4v) is 2.69. The van der Waals surface area contributed by atoms with Crippen LogP contribution < -0.4 is 5.32 Å². The van der Waals surface area contributed by atoms with Crippen molar-refractivity contribution in [2.45, 2.75) is 39.8 Å². The summed E-state index contributed by atoms with van der Waals surface area (Å²) in [6.45, 7) is 7.08. The number of aromatic nitrogens is 2. The van der Waals surface area contributed by atoms with E-state index in [1.54, 1.807) is 0 Å². The zero-order valence-corrected chi connectivity index (χ0v) is 14.4. The number of rotatable bonds is 6. The third kappa shape index (κ3) is 4.09. The normalized spacial score (nSPS) is 12.3. The topological polar surface area (TPSA) is 51.0 Å². The quantitative estimate of drug-likeness (QED) is 0.742. The molecule has 0 spiro atoms. The first-order valence-electron chi connectivity index (χ1n) is 8.28. The molecule has 1 heterocycles. The smallest absolute Gasteiger partial charge is 0.243 e. The second-order valence-electron chi connectivity index (χ2n) is 6.24. The molecule has 0 aliphatic rings. The predicted molar refractivity (Wildman–Crippen MR) is 94.7 cm³/mol. The van der Waals surface area contributed by atoms with E-state index < -0.39 is 0 Å². The molecule has 1 atom stereocenters. The zero-order chi connectivity index (χ0) is 16.9. The molecular formula is C20H23N3O. The highest BCUT2D eigenvalue weighted by Crippen LogP contribution is 2.15. The Morgan fingerprint density at radius 3 is 2.62 bits per heavy atom. The largest absolute Gasteiger partial charge is 0.338 e. The van der Waals surface area contributed by atoms with E-state index in [0.29, 0.717) is 12.3 Å². The van der Waals surface area contributed by atoms with Gasteiger partial charge in [0.15, 0.2) is 5.82 Å². The summed E-state index contributed by atoms with van der Waals surface area (Å²) < 4.78 is 5.41. The van der Waals surface area contributed by atoms with E-state index in [4.69, 9.17) is 4.52 Å². The number of hydrogen-bond donors (Lipinski definition) is 1. The van der Waals surface area contributed by atoms with Crippen LogP contribution in [0.4, 0.5) is 0 Å². The van der Waals surface area contributed by atoms with E-state index in [1.165, 1.54) is 22.3 Å². The standard InChI is InChI=1S/C20H23N3O/c1-14-9-10-18(15(2)11-14)13-21-16(3)20-22-19(23-24-20)12-17-7-5-4-6-8-17/h4-11,16,21H,12-13H2,1-3H3. The third-order valence-electron chi connectivity index (χ3n) is 4.16. The summed E-state index contributed by atoms with van der Waals surface area (Å²) in [5.74, 6) is 1.35. The third-order valence-corrected chi connectivity index (χ3v) is 4.16. The Bertz CT molecular complexity index is 796. The maximum atomic E-state index is 5.41. The summed E-state index contributed by atoms with van der Waals surface area (Å²) in [4.78, 5) is 4.51. The summed E-state index contributed by atoms with van der Waals surface area (Å²) in [6, 6.07) is 16.7. The molecule has 0 radical (unpaired) electrons. The summed E-state index contributed by atoms with van der Waals surface area (Å²) in [7, 11) is 0. The average Bonchev–Trinajstić information content (AvgIpc) is 3.03. The first kappa shape index (κ1) is 16.4. The molecule has 0 saturated heterocycles. The van der Waals surface area contributed by atoms with Gasteiger partial charge in [-0.15, -0.1) is 0 Å². The summed E-state index contributed by atoms with van der Waals surface area (Å²) in [6.07, 6.45) is 0.689. The molecule has 0 saturated carbocycles. The Morgan fingerprint density at radius 2 is 1.88 bits per heavy atom. The van der Waals surface area contributed by atoms with Crippen LogP contribution in [-0.2, 0) is 13.0 Å². The minimum atomic E-state index is 0.0164. The van der Waals surface area contributed by atoms with Gasteiger partial charge in [-0.1, -0.05) is 59.3 Å². The molecule has 24 heavy (non-hydrogen) atoms. The highest BCUT2D eigenvalue weighted by molar-refractivity contribution is 5.30. The van der Waals surface area contributed by atoms with Crippen molar-refractivity contribution >= 4 is 0 Å². The van der Waals surface area contributed by atoms with Gasteiger partial charge in [-0.2, -0.15) is 4.98 Å². The van der Waals surface area contributed by atoms with Crippen LogP contribution in [0, 0.1) is 13.8 Å². The van der Waals surface area contributed by atoms with Crippen molar-refractivity contribution in [3.63, 3.8) is 0 Å². The predicted octanol–water partition coefficient (Wildman–Crippen LogP) is 4.13. The highest BCUT2D eigenvalue weighted by Gasteiger charge is 2.14. The van der Waals surface area contributed by atoms with E-state index >= 15 is 0 Å². The van der Waals surface area contributed by atoms with Gasteiger partial charge >= 0.3 is 0 Å². The lowest BCUT2D eigenvalue weighted by molar-refractivity contribution is 0.336. The highest BCUT2D eigenvalue weighted by atomic mass is 16.5. The minimum Gasteiger partial charge on any atom is -0.338 e. The first-order chi connectivity index (χ1) is 11.6. The van der Waals surface area contributed by atoms with E-state index in [2.05, 4.69) is 59.6 Å². The van der Waals surface area contributed by atoms with Gasteiger partial charge in [0.1, 0.15) is 0 Å². The molecule has 124 valence electrons. The molecule has 4 heteroatoms. The van der Waals surface area contributed by atoms with Crippen molar-refractivity contribution in [3.8, 4) is 0 Å². The Kier molecular flexibility index (Phi) is 5.06. The van der Waals surface area contributed by atoms with Crippen molar-refractivity contribution in [2.24, 2.45) is 0 Å². The van der Waals surface area contributed by atoms with Gasteiger partial charge in [0.25, 0.3) is 0 Å². The number of nitrogens with one attached hydrogen (secondary N) is 1. The average molecular weight is 321 g/mol. The fraction of sp³-hybridized carbons (Fsp3) is 0.300. The Hall–Kier alpha value is -2.46. The fourth-order valence-electron chi connectivity index (χ4n) is 2.69. The molecule has 1 unspecified atom stereocenters. The van der Waals surface area contributed by atoms with Crippen LogP contribution in [0.25, 0.3) is 0 Å². The molecule has 0 bridgehead atoms. The van der Waals surface area contributed by atoms with Crippen LogP contribution >= 0.6 is 0 Å². The summed E-state index contributed by atoms with van der Waals surface area (Å²) in [5.41, 5.74) is 5.05. The van der Waals surface area contributed by atoms with Crippen molar-refractivity contribution in [3.05, 3.63) is 82.5 Å². The molecule has 3 aromatic rings. The lowest BCUT2D eigenvalue weighted by Gasteiger charge is -2.12. The molecule has 1 N–H and O–H groups in total. The van der Waals surface area contributed by atoms with Gasteiger partial charge in [-0.05, 0) is 37.5 Å². The Balaban J connectivity index is 1.60. The van der Waals surface area contributed by atoms with Crippen LogP contribution in [0.3, 0.4) is 0 Å². The van der Waals surface area contributed by atoms with Crippen molar-refractivity contribution in [1.29, 1.82) is 0 Å². The number of aryl methyl sites for hydroxylation is 2. The van der Waals surface area contributed by atoms with Crippen LogP contribution in [0.2, 0.25) is 0 Å². The van der Waals surface area contributed by atoms with E-state index in [0.717, 1.165) is 12.4 Å². The van der Waals surface area contributed by atoms with Gasteiger partial charge in [0, 0.05) is 13.0 Å². The lowest BCUT2D eigenvalue weighted by Crippen LogP contribution is -2.19. The van der Waals surface area contributed by atoms with Crippen molar-refractivity contribution < 1.29 is 4.52 Å². The van der Waals surface area contributed by atoms with E-state index in [9.17, 15) is 0 Å². The van der Waals surface area contributed by atoms with Crippen LogP contribution in [-0.4, -0.2) is 10.1 Å². The van der Waals surface area contributed by atoms with Gasteiger partial charge in [-0.3, -0.25) is 0 Å². The van der Waals surface area contributed by atoms with Gasteiger partial charge in [0.2, 0.25) is 5.89 Å². The van der Waals surface area contributed by atoms with Gasteiger partial charge in [-0.25, -0.2) is 0 Å². The second-order valence-corrected chi connectivity index (χ2v) is 6.24. The Labute approximate surface area is 142 Å². The first-order valence-corrected chi connectivity index (χ1v) is 8.28. The molecule has 0 fully saturated rings. The lowest BCUT2D eigenvalue weighted by atomic mass is 10.1. The van der Waals surface area contributed by atoms with Crippen LogP contribution in [0.5, 0.6) is 0 Å². The molecule has 0 aliphatic heterocycles. The molecular weight excluding hydrogens is 298 g/mol. The molecule has 4 nitrogen and oxygen atoms in total. The molecule has 2 aromatic carbocycles. The number of hydrogen-bond acceptors (Lipinski definition) is 4. The second kappa shape index (κ2) is 7.41. The van der Waals surface area contributed by atoms with Crippen molar-refractivity contribution in [1.82, 2.24) is 15.5 Å². The maximum absolute atomic E-state index is 5.41. The minimum absolute atomic E-state index is 0.0164. The Morgan fingerprint density at radius 1 is 1.08 bits per heavy atom. The summed E-state index contributed by atoms with van der Waals surface area (Å²) in [5, 5.41) is 7.55. The van der Waals surface area contributed by atoms with E-state index in [1.807, 2.05) is 25.1 Å². The molecule has 3 rings (SSSR count). The van der Waals surface area contributed by atoms with Gasteiger partial charge in [0.05, 0.1) is 6.04 Å². The van der Waals surface area contributed by atoms with E-state index in [-0.39, 0.29) is 6.04 Å². The molecule has 0 amide bonds. The zero-order valence-electron chi connectivity index (χ0n) is 14.4. The monoisotopic (exact) mass is 321 g/mol. The summed E-state index contributed by atoms with van der Waals surface area (Å²) >= 11 is 0. The molecule has 0 aliphatic carbocycles. The number of nitrogens with zero attached hydrogens (tertiary/aromatic N) is 2. The van der Waals surface area contributed by atoms with Crippen LogP contribution in [0.1, 0.15) is 46.9 Å². The van der Waals surface area contributed by atoms with Crippen molar-refractivity contribution in [2.75, 3.05) is 0 Å². The molecule has 1 aromatic heterocycles. The van der Waals surface area contributed by atoms with Gasteiger partial charge < -0.3 is 9.84 Å². The van der Waals surface area contributed by atoms with Crippen LogP contribution in [0.15, 0.2) is 53.1 Å².